The van der Waals surface area contributed by atoms with E-state index in [0.29, 0.717) is 19.0 Å². The topological polar surface area (TPSA) is 89.2 Å². The third-order valence-electron chi connectivity index (χ3n) is 3.91. The molecule has 150 valence electrons. The van der Waals surface area contributed by atoms with Gasteiger partial charge in [-0.15, -0.1) is 34.2 Å². The van der Waals surface area contributed by atoms with Crippen LogP contribution >= 0.6 is 24.0 Å². The van der Waals surface area contributed by atoms with Gasteiger partial charge in [0.25, 0.3) is 0 Å². The highest BCUT2D eigenvalue weighted by atomic mass is 127. The van der Waals surface area contributed by atoms with Crippen LogP contribution in [0.5, 0.6) is 5.88 Å². The van der Waals surface area contributed by atoms with E-state index in [9.17, 15) is 0 Å². The van der Waals surface area contributed by atoms with Gasteiger partial charge in [-0.05, 0) is 12.5 Å². The Kier molecular flexibility index (Phi) is 11.4. The molecule has 0 aliphatic heterocycles. The maximum atomic E-state index is 5.77. The van der Waals surface area contributed by atoms with Gasteiger partial charge < -0.3 is 19.9 Å². The zero-order chi connectivity index (χ0) is 18.6. The summed E-state index contributed by atoms with van der Waals surface area (Å²) in [7, 11) is 1.76. The van der Waals surface area contributed by atoms with E-state index in [1.165, 1.54) is 0 Å². The molecule has 0 radical (unpaired) electrons. The van der Waals surface area contributed by atoms with Crippen molar-refractivity contribution < 1.29 is 4.74 Å². The van der Waals surface area contributed by atoms with E-state index in [-0.39, 0.29) is 24.0 Å². The largest absolute Gasteiger partial charge is 0.477 e. The molecular formula is C18H30IN7O. The van der Waals surface area contributed by atoms with Crippen molar-refractivity contribution in [3.8, 4) is 5.88 Å². The van der Waals surface area contributed by atoms with E-state index < -0.39 is 0 Å². The summed E-state index contributed by atoms with van der Waals surface area (Å²) < 4.78 is 7.81. The molecule has 2 N–H and O–H groups in total. The number of hydrogen-bond donors (Lipinski definition) is 2. The Morgan fingerprint density at radius 1 is 1.30 bits per heavy atom. The van der Waals surface area contributed by atoms with Crippen LogP contribution in [0.15, 0.2) is 29.6 Å². The molecule has 0 atom stereocenters. The lowest BCUT2D eigenvalue weighted by Gasteiger charge is -2.14. The Balaban J connectivity index is 0.00000364. The average Bonchev–Trinajstić information content (AvgIpc) is 3.13. The molecule has 0 fully saturated rings. The maximum absolute atomic E-state index is 5.77. The van der Waals surface area contributed by atoms with Crippen molar-refractivity contribution in [2.24, 2.45) is 4.99 Å². The van der Waals surface area contributed by atoms with Gasteiger partial charge in [-0.1, -0.05) is 26.3 Å². The van der Waals surface area contributed by atoms with E-state index in [1.807, 2.05) is 16.7 Å². The number of nitrogens with zero attached hydrogens (tertiary/aromatic N) is 5. The number of rotatable bonds is 10. The molecule has 0 spiro atoms. The molecule has 2 rings (SSSR count). The molecule has 2 aromatic heterocycles. The van der Waals surface area contributed by atoms with Crippen molar-refractivity contribution in [1.29, 1.82) is 0 Å². The summed E-state index contributed by atoms with van der Waals surface area (Å²) in [5.74, 6) is 2.40. The number of pyridine rings is 1. The first-order valence-corrected chi connectivity index (χ1v) is 9.16. The van der Waals surface area contributed by atoms with Gasteiger partial charge in [0.15, 0.2) is 5.96 Å². The lowest BCUT2D eigenvalue weighted by molar-refractivity contribution is 0.294. The highest BCUT2D eigenvalue weighted by Gasteiger charge is 2.06. The van der Waals surface area contributed by atoms with Crippen molar-refractivity contribution in [3.05, 3.63) is 36.0 Å². The first-order valence-electron chi connectivity index (χ1n) is 9.16. The van der Waals surface area contributed by atoms with Gasteiger partial charge in [-0.2, -0.15) is 0 Å². The van der Waals surface area contributed by atoms with Gasteiger partial charge in [-0.25, -0.2) is 4.98 Å². The molecule has 8 nitrogen and oxygen atoms in total. The van der Waals surface area contributed by atoms with Crippen molar-refractivity contribution in [3.63, 3.8) is 0 Å². The zero-order valence-corrected chi connectivity index (χ0v) is 18.6. The average molecular weight is 487 g/mol. The van der Waals surface area contributed by atoms with E-state index in [2.05, 4.69) is 44.7 Å². The molecule has 0 saturated heterocycles. The smallest absolute Gasteiger partial charge is 0.218 e. The molecule has 9 heteroatoms. The molecule has 0 aromatic carbocycles. The molecule has 27 heavy (non-hydrogen) atoms. The summed E-state index contributed by atoms with van der Waals surface area (Å²) in [5.41, 5.74) is 1.01. The lowest BCUT2D eigenvalue weighted by atomic mass is 10.2. The van der Waals surface area contributed by atoms with Crippen molar-refractivity contribution in [1.82, 2.24) is 30.4 Å². The summed E-state index contributed by atoms with van der Waals surface area (Å²) in [6.07, 6.45) is 6.50. The summed E-state index contributed by atoms with van der Waals surface area (Å²) in [4.78, 5) is 8.59. The SMILES string of the molecule is CCCCOc1ncccc1CNC(=NC)NCCn1cnnc1CC.I. The van der Waals surface area contributed by atoms with Gasteiger partial charge >= 0.3 is 0 Å². The Labute approximate surface area is 178 Å². The minimum Gasteiger partial charge on any atom is -0.477 e. The van der Waals surface area contributed by atoms with Gasteiger partial charge in [0.2, 0.25) is 5.88 Å². The van der Waals surface area contributed by atoms with Gasteiger partial charge in [-0.3, -0.25) is 4.99 Å². The monoisotopic (exact) mass is 487 g/mol. The van der Waals surface area contributed by atoms with Crippen LogP contribution in [0.25, 0.3) is 0 Å². The molecule has 2 heterocycles. The number of hydrogen-bond acceptors (Lipinski definition) is 5. The van der Waals surface area contributed by atoms with Gasteiger partial charge in [0.1, 0.15) is 12.2 Å². The quantitative estimate of drug-likeness (QED) is 0.232. The summed E-state index contributed by atoms with van der Waals surface area (Å²) in [5, 5.41) is 14.6. The Morgan fingerprint density at radius 2 is 2.15 bits per heavy atom. The van der Waals surface area contributed by atoms with Crippen molar-refractivity contribution in [2.45, 2.75) is 46.2 Å². The summed E-state index contributed by atoms with van der Waals surface area (Å²) in [6.45, 7) is 7.02. The molecular weight excluding hydrogens is 457 g/mol. The van der Waals surface area contributed by atoms with Crippen LogP contribution < -0.4 is 15.4 Å². The number of ether oxygens (including phenoxy) is 1. The van der Waals surface area contributed by atoms with Gasteiger partial charge in [0.05, 0.1) is 6.61 Å². The van der Waals surface area contributed by atoms with Crippen LogP contribution in [-0.2, 0) is 19.5 Å². The van der Waals surface area contributed by atoms with Crippen molar-refractivity contribution >= 4 is 29.9 Å². The fourth-order valence-electron chi connectivity index (χ4n) is 2.44. The number of guanidine groups is 1. The second-order valence-corrected chi connectivity index (χ2v) is 5.82. The fourth-order valence-corrected chi connectivity index (χ4v) is 2.44. The van der Waals surface area contributed by atoms with Crippen LogP contribution in [0.3, 0.4) is 0 Å². The van der Waals surface area contributed by atoms with E-state index in [4.69, 9.17) is 4.74 Å². The number of aryl methyl sites for hydroxylation is 1. The van der Waals surface area contributed by atoms with E-state index in [1.54, 1.807) is 19.6 Å². The van der Waals surface area contributed by atoms with Crippen LogP contribution in [0.1, 0.15) is 38.1 Å². The molecule has 2 aromatic rings. The predicted octanol–water partition coefficient (Wildman–Crippen LogP) is 2.40. The summed E-state index contributed by atoms with van der Waals surface area (Å²) in [6, 6.07) is 3.93. The van der Waals surface area contributed by atoms with Crippen molar-refractivity contribution in [2.75, 3.05) is 20.2 Å². The van der Waals surface area contributed by atoms with E-state index in [0.717, 1.165) is 49.7 Å². The first-order chi connectivity index (χ1) is 12.8. The van der Waals surface area contributed by atoms with Crippen LogP contribution in [0, 0.1) is 0 Å². The minimum absolute atomic E-state index is 0. The molecule has 0 aliphatic carbocycles. The molecule has 0 amide bonds. The zero-order valence-electron chi connectivity index (χ0n) is 16.3. The number of aliphatic imine (C=N–C) groups is 1. The number of unbranched alkanes of at least 4 members (excludes halogenated alkanes) is 1. The number of halogens is 1. The highest BCUT2D eigenvalue weighted by molar-refractivity contribution is 14.0. The predicted molar refractivity (Wildman–Crippen MR) is 118 cm³/mol. The van der Waals surface area contributed by atoms with Gasteiger partial charge in [0, 0.05) is 44.9 Å². The van der Waals surface area contributed by atoms with E-state index >= 15 is 0 Å². The molecule has 0 saturated carbocycles. The normalized spacial score (nSPS) is 11.0. The Morgan fingerprint density at radius 3 is 2.89 bits per heavy atom. The third-order valence-corrected chi connectivity index (χ3v) is 3.91. The van der Waals surface area contributed by atoms with Crippen LogP contribution in [0.4, 0.5) is 0 Å². The molecule has 0 aliphatic rings. The number of nitrogens with one attached hydrogen (secondary N) is 2. The minimum atomic E-state index is 0. The maximum Gasteiger partial charge on any atom is 0.218 e. The first kappa shape index (κ1) is 23.1. The molecule has 0 bridgehead atoms. The lowest BCUT2D eigenvalue weighted by Crippen LogP contribution is -2.38. The summed E-state index contributed by atoms with van der Waals surface area (Å²) >= 11 is 0. The standard InChI is InChI=1S/C18H29N7O.HI/c1-4-6-12-26-17-15(8-7-9-20-17)13-22-18(19-3)21-10-11-25-14-23-24-16(25)5-2;/h7-9,14H,4-6,10-13H2,1-3H3,(H2,19,21,22);1H. The van der Waals surface area contributed by atoms with Crippen LogP contribution in [-0.4, -0.2) is 45.9 Å². The Bertz CT molecular complexity index is 690. The second-order valence-electron chi connectivity index (χ2n) is 5.82. The Hall–Kier alpha value is -1.91. The third kappa shape index (κ3) is 7.69. The highest BCUT2D eigenvalue weighted by Crippen LogP contribution is 2.14. The second kappa shape index (κ2) is 13.3. The molecule has 0 unspecified atom stereocenters. The van der Waals surface area contributed by atoms with Crippen LogP contribution in [0.2, 0.25) is 0 Å². The number of aromatic nitrogens is 4. The fraction of sp³-hybridized carbons (Fsp3) is 0.556.